The summed E-state index contributed by atoms with van der Waals surface area (Å²) >= 11 is 0. The summed E-state index contributed by atoms with van der Waals surface area (Å²) in [6, 6.07) is 12.5. The number of aromatic hydroxyl groups is 1. The number of amides is 2. The molecule has 4 aromatic rings. The minimum Gasteiger partial charge on any atom is -0.508 e. The second-order valence-corrected chi connectivity index (χ2v) is 11.5. The van der Waals surface area contributed by atoms with E-state index in [4.69, 9.17) is 5.11 Å². The van der Waals surface area contributed by atoms with Crippen molar-refractivity contribution in [3.63, 3.8) is 0 Å². The number of hydrogen-bond donors (Lipinski definition) is 4. The first-order valence-corrected chi connectivity index (χ1v) is 14.9. The maximum absolute atomic E-state index is 14.4. The number of nitrogens with zero attached hydrogens (tertiary/aromatic N) is 4. The van der Waals surface area contributed by atoms with Crippen LogP contribution in [0.4, 0.5) is 9.18 Å². The fourth-order valence-electron chi connectivity index (χ4n) is 6.41. The molecule has 45 heavy (non-hydrogen) atoms. The summed E-state index contributed by atoms with van der Waals surface area (Å²) in [6.45, 7) is 2.23. The van der Waals surface area contributed by atoms with Gasteiger partial charge in [0.2, 0.25) is 5.91 Å². The van der Waals surface area contributed by atoms with Crippen molar-refractivity contribution >= 4 is 23.0 Å². The number of carboxylic acid groups (broad SMARTS) is 1. The van der Waals surface area contributed by atoms with E-state index >= 15 is 0 Å². The van der Waals surface area contributed by atoms with Crippen molar-refractivity contribution in [2.45, 2.75) is 50.7 Å². The zero-order valence-corrected chi connectivity index (χ0v) is 24.4. The molecule has 2 aromatic heterocycles. The van der Waals surface area contributed by atoms with Crippen molar-refractivity contribution in [1.29, 1.82) is 0 Å². The van der Waals surface area contributed by atoms with Crippen molar-refractivity contribution in [3.05, 3.63) is 86.9 Å². The Labute approximate surface area is 256 Å². The molecule has 0 atom stereocenters. The van der Waals surface area contributed by atoms with Crippen LogP contribution in [0.5, 0.6) is 5.75 Å². The summed E-state index contributed by atoms with van der Waals surface area (Å²) in [5, 5.41) is 24.7. The van der Waals surface area contributed by atoms with Gasteiger partial charge in [-0.1, -0.05) is 18.2 Å². The standard InChI is InChI=1S/C32H33FN6O6/c33-21-16-27-29(35-17-21)38(32(45)39(30(27)42)23-6-4-22(5-7-23)36-31(43)44)24-3-1-2-19(14-24)26-9-8-25(40)15-20(26)18-37-12-10-28(41)34-11-13-37/h1-3,8-9,14-17,22-23,36,40H,4-7,10-13,18H2,(H,34,41)(H,43,44). The van der Waals surface area contributed by atoms with Crippen molar-refractivity contribution in [3.8, 4) is 22.6 Å². The van der Waals surface area contributed by atoms with Gasteiger partial charge >= 0.3 is 11.8 Å². The number of aromatic nitrogens is 3. The van der Waals surface area contributed by atoms with Crippen LogP contribution in [-0.2, 0) is 11.3 Å². The first-order chi connectivity index (χ1) is 21.7. The number of benzene rings is 2. The molecule has 2 amide bonds. The minimum absolute atomic E-state index is 0.00111. The largest absolute Gasteiger partial charge is 0.508 e. The predicted molar refractivity (Wildman–Crippen MR) is 164 cm³/mol. The molecule has 0 unspecified atom stereocenters. The summed E-state index contributed by atoms with van der Waals surface area (Å²) in [4.78, 5) is 57.0. The maximum atomic E-state index is 14.4. The molecule has 4 N–H and O–H groups in total. The quantitative estimate of drug-likeness (QED) is 0.257. The Hall–Kier alpha value is -5.04. The van der Waals surface area contributed by atoms with Gasteiger partial charge in [-0.15, -0.1) is 0 Å². The molecule has 1 aliphatic carbocycles. The van der Waals surface area contributed by atoms with Crippen molar-refractivity contribution in [2.75, 3.05) is 19.6 Å². The number of halogens is 1. The van der Waals surface area contributed by atoms with E-state index < -0.39 is 29.2 Å². The Kier molecular flexibility index (Phi) is 8.35. The molecule has 1 saturated carbocycles. The highest BCUT2D eigenvalue weighted by Crippen LogP contribution is 2.31. The van der Waals surface area contributed by atoms with Crippen molar-refractivity contribution < 1.29 is 24.2 Å². The van der Waals surface area contributed by atoms with Gasteiger partial charge in [0.05, 0.1) is 17.3 Å². The molecule has 234 valence electrons. The molecule has 6 rings (SSSR count). The van der Waals surface area contributed by atoms with Crippen molar-refractivity contribution in [2.24, 2.45) is 0 Å². The zero-order chi connectivity index (χ0) is 31.7. The van der Waals surface area contributed by atoms with Gasteiger partial charge < -0.3 is 20.8 Å². The average molecular weight is 617 g/mol. The lowest BCUT2D eigenvalue weighted by atomic mass is 9.91. The fourth-order valence-corrected chi connectivity index (χ4v) is 6.41. The molecule has 2 fully saturated rings. The van der Waals surface area contributed by atoms with Crippen molar-refractivity contribution in [1.82, 2.24) is 29.7 Å². The minimum atomic E-state index is -1.12. The SMILES string of the molecule is O=C(O)NC1CCC(n2c(=O)c3cc(F)cnc3n(-c3cccc(-c4ccc(O)cc4CN4CCNC(=O)CC4)c3)c2=O)CC1. The fraction of sp³-hybridized carbons (Fsp3) is 0.344. The molecule has 0 bridgehead atoms. The number of fused-ring (bicyclic) bond motifs is 1. The van der Waals surface area contributed by atoms with Gasteiger partial charge in [-0.3, -0.25) is 19.1 Å². The van der Waals surface area contributed by atoms with E-state index in [0.29, 0.717) is 64.0 Å². The molecule has 2 aromatic carbocycles. The summed E-state index contributed by atoms with van der Waals surface area (Å²) in [5.41, 5.74) is 1.56. The molecular weight excluding hydrogens is 583 g/mol. The van der Waals surface area contributed by atoms with Gasteiger partial charge in [0, 0.05) is 44.7 Å². The van der Waals surface area contributed by atoms with E-state index in [-0.39, 0.29) is 28.7 Å². The second-order valence-electron chi connectivity index (χ2n) is 11.5. The molecule has 0 spiro atoms. The molecular formula is C32H33FN6O6. The Morgan fingerprint density at radius 3 is 2.62 bits per heavy atom. The summed E-state index contributed by atoms with van der Waals surface area (Å²) in [5.74, 6) is -0.611. The summed E-state index contributed by atoms with van der Waals surface area (Å²) in [7, 11) is 0. The molecule has 2 aliphatic rings. The summed E-state index contributed by atoms with van der Waals surface area (Å²) in [6.07, 6.45) is 1.89. The highest BCUT2D eigenvalue weighted by molar-refractivity contribution is 5.77. The van der Waals surface area contributed by atoms with Crippen LogP contribution in [-0.4, -0.2) is 66.9 Å². The van der Waals surface area contributed by atoms with Gasteiger partial charge in [0.1, 0.15) is 11.6 Å². The van der Waals surface area contributed by atoms with Crippen LogP contribution in [0.25, 0.3) is 27.8 Å². The van der Waals surface area contributed by atoms with Crippen LogP contribution in [0.15, 0.2) is 64.3 Å². The van der Waals surface area contributed by atoms with Gasteiger partial charge in [0.25, 0.3) is 5.56 Å². The number of hydrogen-bond acceptors (Lipinski definition) is 7. The zero-order valence-electron chi connectivity index (χ0n) is 24.4. The van der Waals surface area contributed by atoms with Gasteiger partial charge in [-0.2, -0.15) is 0 Å². The number of carbonyl (C=O) groups is 2. The van der Waals surface area contributed by atoms with Crippen LogP contribution < -0.4 is 21.9 Å². The Morgan fingerprint density at radius 1 is 1.04 bits per heavy atom. The molecule has 0 radical (unpaired) electrons. The summed E-state index contributed by atoms with van der Waals surface area (Å²) < 4.78 is 16.9. The normalized spacial score (nSPS) is 19.2. The first-order valence-electron chi connectivity index (χ1n) is 14.9. The number of phenolic OH excluding ortho intramolecular Hbond substituents is 1. The van der Waals surface area contributed by atoms with E-state index in [2.05, 4.69) is 20.5 Å². The highest BCUT2D eigenvalue weighted by atomic mass is 19.1. The Morgan fingerprint density at radius 2 is 1.84 bits per heavy atom. The topological polar surface area (TPSA) is 159 Å². The lowest BCUT2D eigenvalue weighted by Crippen LogP contribution is -2.45. The van der Waals surface area contributed by atoms with E-state index in [0.717, 1.165) is 33.5 Å². The van der Waals surface area contributed by atoms with Gasteiger partial charge in [-0.25, -0.2) is 23.5 Å². The second kappa shape index (κ2) is 12.5. The van der Waals surface area contributed by atoms with E-state index in [1.54, 1.807) is 36.4 Å². The van der Waals surface area contributed by atoms with Crippen LogP contribution in [0.3, 0.4) is 0 Å². The molecule has 3 heterocycles. The van der Waals surface area contributed by atoms with Crippen LogP contribution in [0.2, 0.25) is 0 Å². The number of nitrogens with one attached hydrogen (secondary N) is 2. The van der Waals surface area contributed by atoms with E-state index in [9.17, 15) is 28.7 Å². The third kappa shape index (κ3) is 6.29. The Balaban J connectivity index is 1.42. The average Bonchev–Trinajstić information content (AvgIpc) is 3.22. The van der Waals surface area contributed by atoms with Gasteiger partial charge in [-0.05, 0) is 72.7 Å². The highest BCUT2D eigenvalue weighted by Gasteiger charge is 2.28. The lowest BCUT2D eigenvalue weighted by Gasteiger charge is -2.29. The first kappa shape index (κ1) is 30.0. The third-order valence-electron chi connectivity index (χ3n) is 8.58. The van der Waals surface area contributed by atoms with Crippen LogP contribution >= 0.6 is 0 Å². The number of carbonyl (C=O) groups excluding carboxylic acids is 1. The molecule has 1 aliphatic heterocycles. The maximum Gasteiger partial charge on any atom is 0.404 e. The van der Waals surface area contributed by atoms with Gasteiger partial charge in [0.15, 0.2) is 5.65 Å². The molecule has 13 heteroatoms. The predicted octanol–water partition coefficient (Wildman–Crippen LogP) is 3.13. The smallest absolute Gasteiger partial charge is 0.404 e. The molecule has 12 nitrogen and oxygen atoms in total. The Bertz CT molecular complexity index is 1900. The van der Waals surface area contributed by atoms with E-state index in [1.807, 2.05) is 6.07 Å². The number of rotatable bonds is 6. The third-order valence-corrected chi connectivity index (χ3v) is 8.58. The monoisotopic (exact) mass is 616 g/mol. The van der Waals surface area contributed by atoms with E-state index in [1.165, 1.54) is 4.57 Å². The van der Waals surface area contributed by atoms with Crippen LogP contribution in [0.1, 0.15) is 43.7 Å². The number of pyridine rings is 1. The molecule has 1 saturated heterocycles. The van der Waals surface area contributed by atoms with Crippen LogP contribution in [0, 0.1) is 5.82 Å². The lowest BCUT2D eigenvalue weighted by molar-refractivity contribution is -0.120. The number of phenols is 1.